The van der Waals surface area contributed by atoms with Crippen LogP contribution in [-0.2, 0) is 24.0 Å². The van der Waals surface area contributed by atoms with Gasteiger partial charge in [0.2, 0.25) is 17.6 Å². The van der Waals surface area contributed by atoms with Crippen LogP contribution in [0.2, 0.25) is 0 Å². The molecule has 10 heteroatoms. The summed E-state index contributed by atoms with van der Waals surface area (Å²) in [6.07, 6.45) is 5.48. The van der Waals surface area contributed by atoms with Crippen LogP contribution in [0.4, 0.5) is 0 Å². The van der Waals surface area contributed by atoms with Crippen LogP contribution in [0.3, 0.4) is 0 Å². The third kappa shape index (κ3) is 5.89. The number of likely N-dealkylation sites (tertiary alicyclic amines) is 1. The highest BCUT2D eigenvalue weighted by molar-refractivity contribution is 6.37. The van der Waals surface area contributed by atoms with Crippen molar-refractivity contribution in [1.82, 2.24) is 15.5 Å². The van der Waals surface area contributed by atoms with Crippen molar-refractivity contribution in [2.24, 2.45) is 34.1 Å². The molecule has 1 aliphatic heterocycles. The molecule has 38 heavy (non-hydrogen) atoms. The van der Waals surface area contributed by atoms with Crippen LogP contribution in [0.25, 0.3) is 0 Å². The van der Waals surface area contributed by atoms with Crippen LogP contribution in [0, 0.1) is 22.7 Å². The summed E-state index contributed by atoms with van der Waals surface area (Å²) in [6, 6.07) is -2.77. The number of carbonyl (C=O) groups is 5. The minimum absolute atomic E-state index is 0.0943. The summed E-state index contributed by atoms with van der Waals surface area (Å²) in [7, 11) is 0. The number of ketones is 1. The van der Waals surface area contributed by atoms with Crippen molar-refractivity contribution in [3.63, 3.8) is 0 Å². The normalized spacial score (nSPS) is 25.6. The van der Waals surface area contributed by atoms with E-state index in [1.54, 1.807) is 0 Å². The fraction of sp³-hybridized carbons (Fsp3) is 0.750. The maximum absolute atomic E-state index is 14.0. The van der Waals surface area contributed by atoms with Gasteiger partial charge in [-0.15, -0.1) is 0 Å². The molecule has 3 aliphatic rings. The Bertz CT molecular complexity index is 1020. The summed E-state index contributed by atoms with van der Waals surface area (Å²) in [5.74, 6) is -3.24. The Morgan fingerprint density at radius 3 is 2.16 bits per heavy atom. The number of rotatable bonds is 9. The molecule has 2 saturated carbocycles. The number of nitrogens with two attached hydrogens (primary N) is 2. The van der Waals surface area contributed by atoms with Crippen LogP contribution >= 0.6 is 0 Å². The van der Waals surface area contributed by atoms with Gasteiger partial charge in [0.1, 0.15) is 12.1 Å². The molecule has 0 aromatic carbocycles. The lowest BCUT2D eigenvalue weighted by molar-refractivity contribution is -0.146. The van der Waals surface area contributed by atoms with E-state index in [4.69, 9.17) is 11.5 Å². The van der Waals surface area contributed by atoms with Gasteiger partial charge in [-0.25, -0.2) is 0 Å². The van der Waals surface area contributed by atoms with Gasteiger partial charge >= 0.3 is 0 Å². The van der Waals surface area contributed by atoms with E-state index in [0.29, 0.717) is 13.0 Å². The number of piperidine rings is 1. The Kier molecular flexibility index (Phi) is 8.63. The highest BCUT2D eigenvalue weighted by atomic mass is 16.2. The Morgan fingerprint density at radius 1 is 1.03 bits per heavy atom. The number of hydrogen-bond acceptors (Lipinski definition) is 6. The molecular weight excluding hydrogens is 486 g/mol. The first-order valence-corrected chi connectivity index (χ1v) is 13.9. The Hall–Kier alpha value is -2.91. The van der Waals surface area contributed by atoms with Gasteiger partial charge in [0.25, 0.3) is 11.8 Å². The summed E-state index contributed by atoms with van der Waals surface area (Å²) in [6.45, 7) is 11.9. The zero-order valence-corrected chi connectivity index (χ0v) is 23.7. The number of carbonyl (C=O) groups excluding carboxylic acids is 5. The zero-order valence-electron chi connectivity index (χ0n) is 23.7. The number of allylic oxidation sites excluding steroid dienone is 1. The third-order valence-corrected chi connectivity index (χ3v) is 8.68. The number of primary amides is 1. The number of nitrogens with zero attached hydrogens (tertiary/aromatic N) is 1. The largest absolute Gasteiger partial charge is 0.394 e. The van der Waals surface area contributed by atoms with Gasteiger partial charge in [0, 0.05) is 6.54 Å². The average Bonchev–Trinajstić information content (AvgIpc) is 3.18. The number of fused-ring (bicyclic) bond motifs is 1. The molecule has 6 N–H and O–H groups in total. The predicted octanol–water partition coefficient (Wildman–Crippen LogP) is 1.52. The van der Waals surface area contributed by atoms with Gasteiger partial charge in [-0.2, -0.15) is 0 Å². The van der Waals surface area contributed by atoms with Gasteiger partial charge < -0.3 is 27.0 Å². The molecule has 0 radical (unpaired) electrons. The van der Waals surface area contributed by atoms with Gasteiger partial charge in [0.15, 0.2) is 0 Å². The molecule has 3 rings (SSSR count). The maximum atomic E-state index is 14.0. The Morgan fingerprint density at radius 2 is 1.63 bits per heavy atom. The van der Waals surface area contributed by atoms with Crippen LogP contribution in [-0.4, -0.2) is 59.0 Å². The second-order valence-corrected chi connectivity index (χ2v) is 12.8. The van der Waals surface area contributed by atoms with E-state index in [0.717, 1.165) is 37.7 Å². The second kappa shape index (κ2) is 11.1. The molecule has 0 bridgehead atoms. The van der Waals surface area contributed by atoms with Crippen molar-refractivity contribution >= 4 is 29.4 Å². The van der Waals surface area contributed by atoms with E-state index >= 15 is 0 Å². The molecule has 0 aromatic rings. The molecule has 1 unspecified atom stereocenters. The SMILES string of the molecule is CCC[C@H](NC(=O)[C@@H]1C2[C@H](CN1C(=O)[C@@H](NC(=O)C(N)=C1CCCCC1)C(C)(C)C)C2(C)C)C(=O)C(N)=O. The molecule has 1 heterocycles. The van der Waals surface area contributed by atoms with E-state index in [9.17, 15) is 24.0 Å². The molecule has 0 aromatic heterocycles. The molecule has 5 atom stereocenters. The molecule has 212 valence electrons. The molecule has 0 spiro atoms. The summed E-state index contributed by atoms with van der Waals surface area (Å²) >= 11 is 0. The standard InChI is InChI=1S/C28H45N5O5/c1-7-11-17(21(34)23(30)35)31-25(37)20-18-16(28(18,5)6)14-33(20)26(38)22(27(2,3)4)32-24(36)19(29)15-12-9-8-10-13-15/h16-18,20,22H,7-14,29H2,1-6H3,(H2,30,35)(H,31,37)(H,32,36)/t16-,17-,18?,20-,22+/m0/s1. The van der Waals surface area contributed by atoms with Gasteiger partial charge in [0.05, 0.1) is 11.7 Å². The summed E-state index contributed by atoms with van der Waals surface area (Å²) < 4.78 is 0. The van der Waals surface area contributed by atoms with Crippen molar-refractivity contribution in [3.8, 4) is 0 Å². The van der Waals surface area contributed by atoms with E-state index in [2.05, 4.69) is 24.5 Å². The molecule has 2 aliphatic carbocycles. The van der Waals surface area contributed by atoms with Crippen molar-refractivity contribution in [1.29, 1.82) is 0 Å². The fourth-order valence-electron chi connectivity index (χ4n) is 6.23. The van der Waals surface area contributed by atoms with Crippen molar-refractivity contribution < 1.29 is 24.0 Å². The van der Waals surface area contributed by atoms with Crippen LogP contribution in [0.15, 0.2) is 11.3 Å². The van der Waals surface area contributed by atoms with Crippen molar-refractivity contribution in [2.75, 3.05) is 6.54 Å². The zero-order chi connectivity index (χ0) is 28.6. The first kappa shape index (κ1) is 29.6. The fourth-order valence-corrected chi connectivity index (χ4v) is 6.23. The quantitative estimate of drug-likeness (QED) is 0.260. The Labute approximate surface area is 225 Å². The van der Waals surface area contributed by atoms with Crippen LogP contribution < -0.4 is 22.1 Å². The van der Waals surface area contributed by atoms with Crippen LogP contribution in [0.1, 0.15) is 86.5 Å². The van der Waals surface area contributed by atoms with E-state index in [1.165, 1.54) is 4.90 Å². The van der Waals surface area contributed by atoms with Crippen LogP contribution in [0.5, 0.6) is 0 Å². The van der Waals surface area contributed by atoms with E-state index < -0.39 is 47.0 Å². The molecule has 3 fully saturated rings. The monoisotopic (exact) mass is 531 g/mol. The van der Waals surface area contributed by atoms with Gasteiger partial charge in [-0.05, 0) is 60.3 Å². The topological polar surface area (TPSA) is 165 Å². The lowest BCUT2D eigenvalue weighted by Crippen LogP contribution is -2.60. The molecule has 1 saturated heterocycles. The number of Topliss-reactive ketones (excluding diaryl/α,β-unsaturated/α-hetero) is 1. The molecule has 10 nitrogen and oxygen atoms in total. The van der Waals surface area contributed by atoms with Gasteiger partial charge in [-0.3, -0.25) is 24.0 Å². The highest BCUT2D eigenvalue weighted by Crippen LogP contribution is 2.65. The lowest BCUT2D eigenvalue weighted by Gasteiger charge is -2.38. The second-order valence-electron chi connectivity index (χ2n) is 12.8. The average molecular weight is 532 g/mol. The molecular formula is C28H45N5O5. The number of amides is 4. The summed E-state index contributed by atoms with van der Waals surface area (Å²) in [5.41, 5.74) is 11.7. The predicted molar refractivity (Wildman–Crippen MR) is 143 cm³/mol. The Balaban J connectivity index is 1.85. The van der Waals surface area contributed by atoms with Crippen molar-refractivity contribution in [2.45, 2.75) is 105 Å². The highest BCUT2D eigenvalue weighted by Gasteiger charge is 2.69. The minimum Gasteiger partial charge on any atom is -0.394 e. The molecule has 4 amide bonds. The van der Waals surface area contributed by atoms with Crippen molar-refractivity contribution in [3.05, 3.63) is 11.3 Å². The first-order valence-electron chi connectivity index (χ1n) is 13.9. The van der Waals surface area contributed by atoms with Gasteiger partial charge in [-0.1, -0.05) is 54.4 Å². The third-order valence-electron chi connectivity index (χ3n) is 8.68. The summed E-state index contributed by atoms with van der Waals surface area (Å²) in [5, 5.41) is 5.58. The minimum atomic E-state index is -1.10. The lowest BCUT2D eigenvalue weighted by atomic mass is 9.84. The smallest absolute Gasteiger partial charge is 0.287 e. The van der Waals surface area contributed by atoms with E-state index in [1.807, 2.05) is 27.7 Å². The number of hydrogen-bond donors (Lipinski definition) is 4. The number of nitrogens with one attached hydrogen (secondary N) is 2. The first-order chi connectivity index (χ1) is 17.6. The van der Waals surface area contributed by atoms with E-state index in [-0.39, 0.29) is 35.3 Å². The summed E-state index contributed by atoms with van der Waals surface area (Å²) in [4.78, 5) is 66.1. The maximum Gasteiger partial charge on any atom is 0.287 e.